The number of benzene rings is 2. The molecule has 0 spiro atoms. The van der Waals surface area contributed by atoms with Crippen LogP contribution in [0.2, 0.25) is 5.02 Å². The third kappa shape index (κ3) is 5.58. The van der Waals surface area contributed by atoms with Crippen molar-refractivity contribution in [3.8, 4) is 5.75 Å². The van der Waals surface area contributed by atoms with Crippen LogP contribution in [0.5, 0.6) is 5.75 Å². The lowest BCUT2D eigenvalue weighted by Crippen LogP contribution is -2.42. The van der Waals surface area contributed by atoms with Gasteiger partial charge in [-0.3, -0.25) is 4.79 Å². The van der Waals surface area contributed by atoms with Gasteiger partial charge in [0.15, 0.2) is 0 Å². The highest BCUT2D eigenvalue weighted by atomic mass is 35.5. The van der Waals surface area contributed by atoms with Gasteiger partial charge in [0.25, 0.3) is 5.91 Å². The Bertz CT molecular complexity index is 1220. The molecular weight excluding hydrogens is 511 g/mol. The van der Waals surface area contributed by atoms with Crippen LogP contribution in [-0.2, 0) is 6.18 Å². The second kappa shape index (κ2) is 10.5. The molecular formula is C26H27ClF3N3O2S. The minimum absolute atomic E-state index is 0.00580. The Labute approximate surface area is 216 Å². The Hall–Kier alpha value is -2.49. The highest BCUT2D eigenvalue weighted by Crippen LogP contribution is 2.38. The number of anilines is 1. The van der Waals surface area contributed by atoms with Crippen LogP contribution < -0.4 is 20.3 Å². The first-order valence-corrected chi connectivity index (χ1v) is 13.3. The molecule has 3 aromatic rings. The number of nitrogens with one attached hydrogen (secondary N) is 2. The molecule has 2 saturated heterocycles. The zero-order chi connectivity index (χ0) is 25.3. The molecule has 5 nitrogen and oxygen atoms in total. The summed E-state index contributed by atoms with van der Waals surface area (Å²) < 4.78 is 45.6. The number of nitrogens with zero attached hydrogens (tertiary/aromatic N) is 1. The second-order valence-corrected chi connectivity index (χ2v) is 10.7. The van der Waals surface area contributed by atoms with Gasteiger partial charge in [-0.25, -0.2) is 0 Å². The molecule has 0 aliphatic carbocycles. The summed E-state index contributed by atoms with van der Waals surface area (Å²) in [6.07, 6.45) is -0.993. The van der Waals surface area contributed by atoms with Crippen molar-refractivity contribution >= 4 is 44.6 Å². The van der Waals surface area contributed by atoms with E-state index in [4.69, 9.17) is 16.3 Å². The van der Waals surface area contributed by atoms with E-state index >= 15 is 0 Å². The predicted molar refractivity (Wildman–Crippen MR) is 137 cm³/mol. The molecule has 1 amide bonds. The summed E-state index contributed by atoms with van der Waals surface area (Å²) in [7, 11) is 0. The Morgan fingerprint density at radius 1 is 1.06 bits per heavy atom. The molecule has 10 heteroatoms. The number of fused-ring (bicyclic) bond motifs is 1. The Kier molecular flexibility index (Phi) is 7.32. The van der Waals surface area contributed by atoms with Crippen LogP contribution >= 0.6 is 22.9 Å². The number of alkyl halides is 3. The lowest BCUT2D eigenvalue weighted by Gasteiger charge is -2.33. The molecule has 2 fully saturated rings. The molecule has 3 heterocycles. The number of ether oxygens (including phenoxy) is 1. The number of hydrogen-bond acceptors (Lipinski definition) is 5. The molecule has 2 aromatic carbocycles. The molecule has 1 aromatic heterocycles. The van der Waals surface area contributed by atoms with Crippen LogP contribution in [0, 0.1) is 0 Å². The monoisotopic (exact) mass is 537 g/mol. The molecule has 0 saturated carbocycles. The van der Waals surface area contributed by atoms with Crippen LogP contribution in [0.3, 0.4) is 0 Å². The summed E-state index contributed by atoms with van der Waals surface area (Å²) in [6, 6.07) is 11.2. The highest BCUT2D eigenvalue weighted by molar-refractivity contribution is 7.21. The number of thiophene rings is 1. The van der Waals surface area contributed by atoms with Crippen molar-refractivity contribution in [1.82, 2.24) is 10.6 Å². The number of carbonyl (C=O) groups excluding carboxylic acids is 1. The number of hydrogen-bond donors (Lipinski definition) is 2. The minimum Gasteiger partial charge on any atom is -0.490 e. The third-order valence-electron chi connectivity index (χ3n) is 6.79. The van der Waals surface area contributed by atoms with Gasteiger partial charge in [0.2, 0.25) is 0 Å². The molecule has 2 aliphatic rings. The van der Waals surface area contributed by atoms with E-state index in [1.165, 1.54) is 23.5 Å². The Morgan fingerprint density at radius 2 is 1.75 bits per heavy atom. The molecule has 192 valence electrons. The van der Waals surface area contributed by atoms with E-state index in [9.17, 15) is 18.0 Å². The number of piperidine rings is 2. The van der Waals surface area contributed by atoms with Crippen molar-refractivity contribution in [2.45, 2.75) is 44.0 Å². The zero-order valence-electron chi connectivity index (χ0n) is 19.5. The first-order chi connectivity index (χ1) is 17.3. The van der Waals surface area contributed by atoms with Gasteiger partial charge in [0.05, 0.1) is 10.6 Å². The first kappa shape index (κ1) is 25.2. The fourth-order valence-electron chi connectivity index (χ4n) is 4.77. The highest BCUT2D eigenvalue weighted by Gasteiger charge is 2.30. The topological polar surface area (TPSA) is 53.6 Å². The zero-order valence-corrected chi connectivity index (χ0v) is 21.1. The van der Waals surface area contributed by atoms with Crippen LogP contribution in [0.15, 0.2) is 42.5 Å². The summed E-state index contributed by atoms with van der Waals surface area (Å²) in [5.41, 5.74) is 0.145. The first-order valence-electron chi connectivity index (χ1n) is 12.1. The van der Waals surface area contributed by atoms with E-state index in [2.05, 4.69) is 15.5 Å². The fraction of sp³-hybridized carbons (Fsp3) is 0.423. The second-order valence-electron chi connectivity index (χ2n) is 9.25. The third-order valence-corrected chi connectivity index (χ3v) is 8.44. The average Bonchev–Trinajstić information content (AvgIpc) is 3.20. The number of rotatable bonds is 5. The summed E-state index contributed by atoms with van der Waals surface area (Å²) in [5.74, 6) is 0.588. The predicted octanol–water partition coefficient (Wildman–Crippen LogP) is 6.10. The molecule has 36 heavy (non-hydrogen) atoms. The summed E-state index contributed by atoms with van der Waals surface area (Å²) in [4.78, 5) is 15.4. The SMILES string of the molecule is O=C(NC1CCNCC1)c1sc2cc(OC3CCN(c4ccc(C(F)(F)F)cc4)CC3)ccc2c1Cl. The van der Waals surface area contributed by atoms with Crippen LogP contribution in [0.4, 0.5) is 18.9 Å². The quantitative estimate of drug-likeness (QED) is 0.413. The van der Waals surface area contributed by atoms with Crippen molar-refractivity contribution in [2.24, 2.45) is 0 Å². The maximum Gasteiger partial charge on any atom is 0.416 e. The van der Waals surface area contributed by atoms with Gasteiger partial charge < -0.3 is 20.3 Å². The maximum atomic E-state index is 12.8. The van der Waals surface area contributed by atoms with Crippen LogP contribution in [0.1, 0.15) is 40.9 Å². The van der Waals surface area contributed by atoms with Crippen molar-refractivity contribution in [1.29, 1.82) is 0 Å². The van der Waals surface area contributed by atoms with Gasteiger partial charge in [-0.15, -0.1) is 11.3 Å². The average molecular weight is 538 g/mol. The Morgan fingerprint density at radius 3 is 2.42 bits per heavy atom. The molecule has 5 rings (SSSR count). The van der Waals surface area contributed by atoms with E-state index in [0.29, 0.717) is 23.0 Å². The van der Waals surface area contributed by atoms with Gasteiger partial charge in [-0.05, 0) is 68.4 Å². The van der Waals surface area contributed by atoms with E-state index < -0.39 is 11.7 Å². The van der Waals surface area contributed by atoms with E-state index in [0.717, 1.165) is 72.4 Å². The number of carbonyl (C=O) groups is 1. The molecule has 0 bridgehead atoms. The lowest BCUT2D eigenvalue weighted by molar-refractivity contribution is -0.137. The molecule has 2 N–H and O–H groups in total. The normalized spacial score (nSPS) is 17.9. The molecule has 0 radical (unpaired) electrons. The number of halogens is 4. The van der Waals surface area contributed by atoms with Gasteiger partial charge in [0.1, 0.15) is 16.7 Å². The standard InChI is InChI=1S/C26H27ClF3N3O2S/c27-23-21-6-5-20(15-22(21)36-24(23)25(34)32-17-7-11-31-12-8-17)35-19-9-13-33(14-10-19)18-3-1-16(2-4-18)26(28,29)30/h1-6,15,17,19,31H,7-14H2,(H,32,34). The van der Waals surface area contributed by atoms with E-state index in [-0.39, 0.29) is 18.1 Å². The largest absolute Gasteiger partial charge is 0.490 e. The van der Waals surface area contributed by atoms with Gasteiger partial charge in [-0.1, -0.05) is 11.6 Å². The summed E-state index contributed by atoms with van der Waals surface area (Å²) in [5, 5.41) is 7.69. The Balaban J connectivity index is 1.20. The summed E-state index contributed by atoms with van der Waals surface area (Å²) in [6.45, 7) is 3.19. The smallest absolute Gasteiger partial charge is 0.416 e. The van der Waals surface area contributed by atoms with E-state index in [1.54, 1.807) is 0 Å². The number of amides is 1. The lowest BCUT2D eigenvalue weighted by atomic mass is 10.1. The van der Waals surface area contributed by atoms with Crippen molar-refractivity contribution in [3.63, 3.8) is 0 Å². The van der Waals surface area contributed by atoms with Crippen molar-refractivity contribution in [3.05, 3.63) is 57.9 Å². The van der Waals surface area contributed by atoms with Crippen molar-refractivity contribution < 1.29 is 22.7 Å². The molecule has 0 unspecified atom stereocenters. The van der Waals surface area contributed by atoms with Crippen LogP contribution in [0.25, 0.3) is 10.1 Å². The minimum atomic E-state index is -4.33. The summed E-state index contributed by atoms with van der Waals surface area (Å²) >= 11 is 7.92. The van der Waals surface area contributed by atoms with Crippen molar-refractivity contribution in [2.75, 3.05) is 31.1 Å². The molecule has 2 aliphatic heterocycles. The van der Waals surface area contributed by atoms with E-state index in [1.807, 2.05) is 18.2 Å². The van der Waals surface area contributed by atoms with Gasteiger partial charge >= 0.3 is 6.18 Å². The van der Waals surface area contributed by atoms with Crippen LogP contribution in [-0.4, -0.2) is 44.2 Å². The maximum absolute atomic E-state index is 12.8. The van der Waals surface area contributed by atoms with Gasteiger partial charge in [0, 0.05) is 47.7 Å². The molecule has 0 atom stereocenters. The fourth-order valence-corrected chi connectivity index (χ4v) is 6.22. The van der Waals surface area contributed by atoms with Gasteiger partial charge in [-0.2, -0.15) is 13.2 Å².